The second-order valence-electron chi connectivity index (χ2n) is 10.3. The summed E-state index contributed by atoms with van der Waals surface area (Å²) in [6, 6.07) is 12.5. The van der Waals surface area contributed by atoms with E-state index >= 15 is 0 Å². The summed E-state index contributed by atoms with van der Waals surface area (Å²) in [7, 11) is 0. The first-order chi connectivity index (χ1) is 18.0. The maximum absolute atomic E-state index is 13.1. The first-order valence-electron chi connectivity index (χ1n) is 13.0. The minimum atomic E-state index is -0.0710. The van der Waals surface area contributed by atoms with Crippen molar-refractivity contribution in [3.8, 4) is 11.5 Å². The minimum Gasteiger partial charge on any atom is -0.454 e. The van der Waals surface area contributed by atoms with Gasteiger partial charge >= 0.3 is 0 Å². The highest BCUT2D eigenvalue weighted by molar-refractivity contribution is 5.80. The number of tetrazole rings is 1. The number of ether oxygens (including phenoxy) is 2. The summed E-state index contributed by atoms with van der Waals surface area (Å²) < 4.78 is 13.1. The van der Waals surface area contributed by atoms with Crippen LogP contribution in [0.2, 0.25) is 0 Å². The molecule has 2 aromatic carbocycles. The smallest absolute Gasteiger partial charge is 0.252 e. The number of hydrogen-bond donors (Lipinski definition) is 1. The number of hydrogen-bond acceptors (Lipinski definition) is 7. The van der Waals surface area contributed by atoms with Crippen LogP contribution in [0.3, 0.4) is 0 Å². The summed E-state index contributed by atoms with van der Waals surface area (Å²) in [5.74, 6) is 2.34. The summed E-state index contributed by atoms with van der Waals surface area (Å²) in [6.45, 7) is 6.00. The Bertz CT molecular complexity index is 1490. The lowest BCUT2D eigenvalue weighted by Crippen LogP contribution is -2.29. The fraction of sp³-hybridized carbons (Fsp3) is 0.429. The molecule has 2 aromatic heterocycles. The topological polar surface area (TPSA) is 98.2 Å². The highest BCUT2D eigenvalue weighted by Crippen LogP contribution is 2.33. The second-order valence-corrected chi connectivity index (χ2v) is 10.3. The molecule has 9 nitrogen and oxygen atoms in total. The van der Waals surface area contributed by atoms with Gasteiger partial charge in [-0.25, -0.2) is 4.68 Å². The zero-order valence-electron chi connectivity index (χ0n) is 21.4. The zero-order valence-corrected chi connectivity index (χ0v) is 21.4. The van der Waals surface area contributed by atoms with Gasteiger partial charge in [0.05, 0.1) is 12.6 Å². The van der Waals surface area contributed by atoms with E-state index in [4.69, 9.17) is 9.47 Å². The van der Waals surface area contributed by atoms with Crippen molar-refractivity contribution in [2.45, 2.75) is 71.6 Å². The van der Waals surface area contributed by atoms with Crippen molar-refractivity contribution < 1.29 is 9.47 Å². The molecule has 192 valence electrons. The third kappa shape index (κ3) is 4.96. The Hall–Kier alpha value is -3.72. The second kappa shape index (κ2) is 9.97. The van der Waals surface area contributed by atoms with Gasteiger partial charge in [0.1, 0.15) is 0 Å². The molecule has 1 aliphatic heterocycles. The fourth-order valence-electron chi connectivity index (χ4n) is 5.47. The lowest BCUT2D eigenvalue weighted by atomic mass is 9.95. The zero-order chi connectivity index (χ0) is 25.4. The average molecular weight is 501 g/mol. The SMILES string of the molecule is Cc1cc2cc(CN(Cc3ccc4c(c3)OCO4)Cc3nnnn3C3CCCCC3)c(=O)[nH]c2cc1C. The van der Waals surface area contributed by atoms with Gasteiger partial charge < -0.3 is 14.5 Å². The molecule has 0 bridgehead atoms. The van der Waals surface area contributed by atoms with E-state index in [1.54, 1.807) is 0 Å². The van der Waals surface area contributed by atoms with Crippen LogP contribution in [0.25, 0.3) is 10.9 Å². The van der Waals surface area contributed by atoms with Crippen LogP contribution in [0.15, 0.2) is 41.2 Å². The van der Waals surface area contributed by atoms with E-state index in [2.05, 4.69) is 45.3 Å². The van der Waals surface area contributed by atoms with Crippen molar-refractivity contribution in [1.82, 2.24) is 30.1 Å². The van der Waals surface area contributed by atoms with Crippen molar-refractivity contribution >= 4 is 10.9 Å². The molecule has 9 heteroatoms. The number of aromatic amines is 1. The third-order valence-electron chi connectivity index (χ3n) is 7.62. The lowest BCUT2D eigenvalue weighted by molar-refractivity contribution is 0.174. The molecular formula is C28H32N6O3. The van der Waals surface area contributed by atoms with Crippen LogP contribution in [0.5, 0.6) is 11.5 Å². The van der Waals surface area contributed by atoms with Gasteiger partial charge in [0.2, 0.25) is 6.79 Å². The standard InChI is InChI=1S/C28H32N6O3/c1-18-10-21-13-22(28(35)29-24(21)11-19(18)2)15-33(14-20-8-9-25-26(12-20)37-17-36-25)16-27-30-31-32-34(27)23-6-4-3-5-7-23/h8-13,23H,3-7,14-17H2,1-2H3,(H,29,35). The molecule has 1 fully saturated rings. The van der Waals surface area contributed by atoms with Crippen LogP contribution in [-0.2, 0) is 19.6 Å². The Labute approximate surface area is 215 Å². The minimum absolute atomic E-state index is 0.0710. The van der Waals surface area contributed by atoms with Crippen LogP contribution in [0.1, 0.15) is 66.2 Å². The highest BCUT2D eigenvalue weighted by atomic mass is 16.7. The number of aromatic nitrogens is 5. The highest BCUT2D eigenvalue weighted by Gasteiger charge is 2.23. The molecule has 0 saturated heterocycles. The Kier molecular flexibility index (Phi) is 6.38. The molecule has 0 atom stereocenters. The van der Waals surface area contributed by atoms with Gasteiger partial charge in [-0.05, 0) is 89.5 Å². The van der Waals surface area contributed by atoms with Crippen LogP contribution >= 0.6 is 0 Å². The number of benzene rings is 2. The number of aryl methyl sites for hydroxylation is 2. The van der Waals surface area contributed by atoms with E-state index in [0.29, 0.717) is 31.2 Å². The number of rotatable bonds is 7. The van der Waals surface area contributed by atoms with Gasteiger partial charge in [-0.15, -0.1) is 5.10 Å². The number of nitrogens with one attached hydrogen (secondary N) is 1. The van der Waals surface area contributed by atoms with Gasteiger partial charge in [0.25, 0.3) is 5.56 Å². The molecule has 1 aliphatic carbocycles. The van der Waals surface area contributed by atoms with E-state index < -0.39 is 0 Å². The average Bonchev–Trinajstić information content (AvgIpc) is 3.55. The molecule has 1 N–H and O–H groups in total. The molecule has 1 saturated carbocycles. The summed E-state index contributed by atoms with van der Waals surface area (Å²) in [5, 5.41) is 13.8. The maximum Gasteiger partial charge on any atom is 0.252 e. The Morgan fingerprint density at radius 2 is 1.78 bits per heavy atom. The summed E-state index contributed by atoms with van der Waals surface area (Å²) in [4.78, 5) is 18.4. The molecule has 6 rings (SSSR count). The van der Waals surface area contributed by atoms with Crippen LogP contribution in [-0.4, -0.2) is 36.9 Å². The molecule has 4 aromatic rings. The number of nitrogens with zero attached hydrogens (tertiary/aromatic N) is 5. The Balaban J connectivity index is 1.32. The van der Waals surface area contributed by atoms with Crippen molar-refractivity contribution in [2.24, 2.45) is 0 Å². The predicted octanol–water partition coefficient (Wildman–Crippen LogP) is 4.57. The summed E-state index contributed by atoms with van der Waals surface area (Å²) in [5.41, 5.74) is 4.95. The normalized spacial score (nSPS) is 15.6. The van der Waals surface area contributed by atoms with Crippen LogP contribution in [0, 0.1) is 13.8 Å². The molecule has 0 unspecified atom stereocenters. The first kappa shape index (κ1) is 23.7. The molecule has 37 heavy (non-hydrogen) atoms. The fourth-order valence-corrected chi connectivity index (χ4v) is 5.47. The van der Waals surface area contributed by atoms with Crippen molar-refractivity contribution in [2.75, 3.05) is 6.79 Å². The molecule has 0 amide bonds. The molecule has 0 spiro atoms. The van der Waals surface area contributed by atoms with Gasteiger partial charge in [-0.1, -0.05) is 25.3 Å². The van der Waals surface area contributed by atoms with E-state index in [0.717, 1.165) is 52.2 Å². The van der Waals surface area contributed by atoms with Crippen molar-refractivity contribution in [3.63, 3.8) is 0 Å². The largest absolute Gasteiger partial charge is 0.454 e. The molecular weight excluding hydrogens is 468 g/mol. The molecule has 3 heterocycles. The predicted molar refractivity (Wildman–Crippen MR) is 139 cm³/mol. The van der Waals surface area contributed by atoms with Gasteiger partial charge in [-0.2, -0.15) is 0 Å². The molecule has 2 aliphatic rings. The van der Waals surface area contributed by atoms with Gasteiger partial charge in [0, 0.05) is 24.2 Å². The first-order valence-corrected chi connectivity index (χ1v) is 13.0. The van der Waals surface area contributed by atoms with Crippen LogP contribution in [0.4, 0.5) is 0 Å². The summed E-state index contributed by atoms with van der Waals surface area (Å²) in [6.07, 6.45) is 5.88. The van der Waals surface area contributed by atoms with Crippen molar-refractivity contribution in [3.05, 3.63) is 74.8 Å². The Morgan fingerprint density at radius 3 is 2.65 bits per heavy atom. The Morgan fingerprint density at radius 1 is 0.973 bits per heavy atom. The van der Waals surface area contributed by atoms with Crippen LogP contribution < -0.4 is 15.0 Å². The van der Waals surface area contributed by atoms with E-state index in [-0.39, 0.29) is 12.4 Å². The number of fused-ring (bicyclic) bond motifs is 2. The number of H-pyrrole nitrogens is 1. The van der Waals surface area contributed by atoms with Gasteiger partial charge in [0.15, 0.2) is 17.3 Å². The quantitative estimate of drug-likeness (QED) is 0.397. The third-order valence-corrected chi connectivity index (χ3v) is 7.62. The lowest BCUT2D eigenvalue weighted by Gasteiger charge is -2.25. The number of pyridine rings is 1. The molecule has 0 radical (unpaired) electrons. The van der Waals surface area contributed by atoms with Crippen molar-refractivity contribution in [1.29, 1.82) is 0 Å². The van der Waals surface area contributed by atoms with E-state index in [9.17, 15) is 4.79 Å². The summed E-state index contributed by atoms with van der Waals surface area (Å²) >= 11 is 0. The van der Waals surface area contributed by atoms with E-state index in [1.165, 1.54) is 24.8 Å². The maximum atomic E-state index is 13.1. The van der Waals surface area contributed by atoms with Gasteiger partial charge in [-0.3, -0.25) is 9.69 Å². The monoisotopic (exact) mass is 500 g/mol. The van der Waals surface area contributed by atoms with E-state index in [1.807, 2.05) is 35.0 Å².